The van der Waals surface area contributed by atoms with Gasteiger partial charge in [0.25, 0.3) is 0 Å². The van der Waals surface area contributed by atoms with E-state index in [1.165, 1.54) is 11.6 Å². The van der Waals surface area contributed by atoms with Crippen LogP contribution in [0.25, 0.3) is 11.1 Å². The molecular formula is C18H22FN. The molecule has 0 aromatic heterocycles. The molecule has 0 aliphatic rings. The van der Waals surface area contributed by atoms with Gasteiger partial charge in [0, 0.05) is 6.04 Å². The maximum absolute atomic E-state index is 13.6. The van der Waals surface area contributed by atoms with Crippen molar-refractivity contribution in [3.05, 3.63) is 59.4 Å². The lowest BCUT2D eigenvalue weighted by Crippen LogP contribution is -2.18. The molecule has 20 heavy (non-hydrogen) atoms. The summed E-state index contributed by atoms with van der Waals surface area (Å²) in [6.45, 7) is 7.22. The highest BCUT2D eigenvalue weighted by molar-refractivity contribution is 5.68. The van der Waals surface area contributed by atoms with Gasteiger partial charge in [0.2, 0.25) is 0 Å². The topological polar surface area (TPSA) is 12.0 Å². The summed E-state index contributed by atoms with van der Waals surface area (Å²) in [7, 11) is 0. The Bertz CT molecular complexity index is 560. The minimum atomic E-state index is -0.188. The number of aryl methyl sites for hydroxylation is 1. The van der Waals surface area contributed by atoms with E-state index in [4.69, 9.17) is 0 Å². The van der Waals surface area contributed by atoms with E-state index in [1.807, 2.05) is 6.07 Å². The summed E-state index contributed by atoms with van der Waals surface area (Å²) in [5, 5.41) is 3.39. The first-order chi connectivity index (χ1) is 9.65. The van der Waals surface area contributed by atoms with E-state index >= 15 is 0 Å². The highest BCUT2D eigenvalue weighted by Gasteiger charge is 2.12. The van der Waals surface area contributed by atoms with Crippen molar-refractivity contribution in [3.63, 3.8) is 0 Å². The molecule has 2 heteroatoms. The number of benzene rings is 2. The molecule has 1 unspecified atom stereocenters. The number of rotatable bonds is 5. The van der Waals surface area contributed by atoms with Crippen molar-refractivity contribution < 1.29 is 4.39 Å². The van der Waals surface area contributed by atoms with Gasteiger partial charge in [-0.3, -0.25) is 0 Å². The van der Waals surface area contributed by atoms with Gasteiger partial charge in [0.15, 0.2) is 0 Å². The Morgan fingerprint density at radius 2 is 1.75 bits per heavy atom. The van der Waals surface area contributed by atoms with Crippen LogP contribution in [0.3, 0.4) is 0 Å². The van der Waals surface area contributed by atoms with Crippen molar-refractivity contribution >= 4 is 0 Å². The minimum absolute atomic E-state index is 0.188. The van der Waals surface area contributed by atoms with Gasteiger partial charge in [0.1, 0.15) is 5.82 Å². The largest absolute Gasteiger partial charge is 0.310 e. The van der Waals surface area contributed by atoms with Crippen molar-refractivity contribution in [1.82, 2.24) is 5.32 Å². The Balaban J connectivity index is 2.44. The molecule has 0 saturated heterocycles. The van der Waals surface area contributed by atoms with Crippen LogP contribution >= 0.6 is 0 Å². The van der Waals surface area contributed by atoms with Crippen LogP contribution in [-0.2, 0) is 6.42 Å². The van der Waals surface area contributed by atoms with E-state index < -0.39 is 0 Å². The first-order valence-electron chi connectivity index (χ1n) is 7.27. The van der Waals surface area contributed by atoms with Crippen molar-refractivity contribution in [2.75, 3.05) is 6.54 Å². The van der Waals surface area contributed by atoms with E-state index in [0.29, 0.717) is 0 Å². The lowest BCUT2D eigenvalue weighted by Gasteiger charge is -2.18. The first kappa shape index (κ1) is 14.7. The van der Waals surface area contributed by atoms with E-state index in [0.717, 1.165) is 29.7 Å². The zero-order valence-corrected chi connectivity index (χ0v) is 12.4. The van der Waals surface area contributed by atoms with Gasteiger partial charge in [-0.15, -0.1) is 0 Å². The van der Waals surface area contributed by atoms with Gasteiger partial charge >= 0.3 is 0 Å². The Morgan fingerprint density at radius 3 is 2.35 bits per heavy atom. The summed E-state index contributed by atoms with van der Waals surface area (Å²) < 4.78 is 13.6. The van der Waals surface area contributed by atoms with E-state index in [1.54, 1.807) is 6.07 Å². The summed E-state index contributed by atoms with van der Waals surface area (Å²) in [5.41, 5.74) is 4.48. The highest BCUT2D eigenvalue weighted by atomic mass is 19.1. The zero-order chi connectivity index (χ0) is 14.5. The monoisotopic (exact) mass is 271 g/mol. The lowest BCUT2D eigenvalue weighted by molar-refractivity contribution is 0.593. The third-order valence-electron chi connectivity index (χ3n) is 3.67. The van der Waals surface area contributed by atoms with Crippen LogP contribution in [0.15, 0.2) is 42.5 Å². The van der Waals surface area contributed by atoms with Crippen molar-refractivity contribution in [3.8, 4) is 11.1 Å². The summed E-state index contributed by atoms with van der Waals surface area (Å²) in [4.78, 5) is 0. The molecule has 1 nitrogen and oxygen atoms in total. The molecule has 0 bridgehead atoms. The van der Waals surface area contributed by atoms with Gasteiger partial charge in [-0.2, -0.15) is 0 Å². The third-order valence-corrected chi connectivity index (χ3v) is 3.67. The van der Waals surface area contributed by atoms with Crippen LogP contribution in [0, 0.1) is 5.82 Å². The Labute approximate surface area is 120 Å². The Kier molecular flexibility index (Phi) is 4.91. The summed E-state index contributed by atoms with van der Waals surface area (Å²) in [5.74, 6) is -0.188. The maximum atomic E-state index is 13.6. The highest BCUT2D eigenvalue weighted by Crippen LogP contribution is 2.29. The molecule has 0 aliphatic carbocycles. The van der Waals surface area contributed by atoms with E-state index in [2.05, 4.69) is 50.4 Å². The zero-order valence-electron chi connectivity index (χ0n) is 12.4. The molecule has 0 spiro atoms. The molecule has 1 N–H and O–H groups in total. The summed E-state index contributed by atoms with van der Waals surface area (Å²) >= 11 is 0. The molecule has 2 aromatic carbocycles. The second kappa shape index (κ2) is 6.67. The SMILES string of the molecule is CCNC(C)c1ccc(F)cc1-c1ccc(CC)cc1. The number of hydrogen-bond acceptors (Lipinski definition) is 1. The average Bonchev–Trinajstić information content (AvgIpc) is 2.47. The van der Waals surface area contributed by atoms with Crippen LogP contribution in [-0.4, -0.2) is 6.54 Å². The standard InChI is InChI=1S/C18H22FN/c1-4-14-6-8-15(9-7-14)18-12-16(19)10-11-17(18)13(3)20-5-2/h6-13,20H,4-5H2,1-3H3. The average molecular weight is 271 g/mol. The normalized spacial score (nSPS) is 12.4. The molecule has 2 rings (SSSR count). The van der Waals surface area contributed by atoms with Crippen molar-refractivity contribution in [2.45, 2.75) is 33.2 Å². The van der Waals surface area contributed by atoms with E-state index in [-0.39, 0.29) is 11.9 Å². The van der Waals surface area contributed by atoms with Crippen molar-refractivity contribution in [2.24, 2.45) is 0 Å². The van der Waals surface area contributed by atoms with E-state index in [9.17, 15) is 4.39 Å². The van der Waals surface area contributed by atoms with Crippen LogP contribution in [0.2, 0.25) is 0 Å². The molecule has 0 fully saturated rings. The molecule has 2 aromatic rings. The first-order valence-corrected chi connectivity index (χ1v) is 7.27. The molecular weight excluding hydrogens is 249 g/mol. The number of hydrogen-bond donors (Lipinski definition) is 1. The molecule has 0 radical (unpaired) electrons. The molecule has 0 heterocycles. The van der Waals surface area contributed by atoms with Crippen LogP contribution in [0.1, 0.15) is 37.9 Å². The predicted molar refractivity (Wildman–Crippen MR) is 83.3 cm³/mol. The van der Waals surface area contributed by atoms with Gasteiger partial charge < -0.3 is 5.32 Å². The molecule has 0 amide bonds. The number of nitrogens with one attached hydrogen (secondary N) is 1. The van der Waals surface area contributed by atoms with Crippen LogP contribution in [0.5, 0.6) is 0 Å². The minimum Gasteiger partial charge on any atom is -0.310 e. The Hall–Kier alpha value is -1.67. The molecule has 0 aliphatic heterocycles. The number of halogens is 1. The van der Waals surface area contributed by atoms with Crippen LogP contribution < -0.4 is 5.32 Å². The second-order valence-corrected chi connectivity index (χ2v) is 5.06. The summed E-state index contributed by atoms with van der Waals surface area (Å²) in [6, 6.07) is 13.6. The fourth-order valence-corrected chi connectivity index (χ4v) is 2.49. The predicted octanol–water partition coefficient (Wildman–Crippen LogP) is 4.73. The smallest absolute Gasteiger partial charge is 0.123 e. The maximum Gasteiger partial charge on any atom is 0.123 e. The fraction of sp³-hybridized carbons (Fsp3) is 0.333. The van der Waals surface area contributed by atoms with Gasteiger partial charge in [0.05, 0.1) is 0 Å². The molecule has 0 saturated carbocycles. The Morgan fingerprint density at radius 1 is 1.05 bits per heavy atom. The summed E-state index contributed by atoms with van der Waals surface area (Å²) in [6.07, 6.45) is 1.02. The molecule has 1 atom stereocenters. The quantitative estimate of drug-likeness (QED) is 0.829. The fourth-order valence-electron chi connectivity index (χ4n) is 2.49. The lowest BCUT2D eigenvalue weighted by atomic mass is 9.94. The van der Waals surface area contributed by atoms with Crippen LogP contribution in [0.4, 0.5) is 4.39 Å². The van der Waals surface area contributed by atoms with Gasteiger partial charge in [-0.1, -0.05) is 44.2 Å². The van der Waals surface area contributed by atoms with Gasteiger partial charge in [-0.05, 0) is 54.3 Å². The third kappa shape index (κ3) is 3.26. The second-order valence-electron chi connectivity index (χ2n) is 5.06. The molecule has 106 valence electrons. The van der Waals surface area contributed by atoms with Crippen molar-refractivity contribution in [1.29, 1.82) is 0 Å². The van der Waals surface area contributed by atoms with Gasteiger partial charge in [-0.25, -0.2) is 4.39 Å².